The molecule has 0 radical (unpaired) electrons. The summed E-state index contributed by atoms with van der Waals surface area (Å²) >= 11 is 11.6. The number of hydrogen-bond acceptors (Lipinski definition) is 4. The molecule has 0 saturated heterocycles. The largest absolute Gasteiger partial charge is 0.466 e. The SMILES string of the molecule is CCCCCCOC(=O)CCC(=O)Oc1cc(Cl)cc(Cl)c1. The Morgan fingerprint density at radius 2 is 1.59 bits per heavy atom. The molecule has 0 heterocycles. The molecule has 122 valence electrons. The number of carbonyl (C=O) groups is 2. The third kappa shape index (κ3) is 8.25. The molecule has 22 heavy (non-hydrogen) atoms. The lowest BCUT2D eigenvalue weighted by molar-refractivity contribution is -0.147. The molecule has 0 N–H and O–H groups in total. The van der Waals surface area contributed by atoms with Crippen LogP contribution in [0, 0.1) is 0 Å². The molecule has 0 fully saturated rings. The average molecular weight is 347 g/mol. The highest BCUT2D eigenvalue weighted by Crippen LogP contribution is 2.24. The molecule has 0 spiro atoms. The van der Waals surface area contributed by atoms with Crippen molar-refractivity contribution in [1.82, 2.24) is 0 Å². The van der Waals surface area contributed by atoms with E-state index in [1.807, 2.05) is 0 Å². The number of hydrogen-bond donors (Lipinski definition) is 0. The van der Waals surface area contributed by atoms with Gasteiger partial charge < -0.3 is 9.47 Å². The van der Waals surface area contributed by atoms with Crippen molar-refractivity contribution < 1.29 is 19.1 Å². The van der Waals surface area contributed by atoms with Crippen molar-refractivity contribution in [2.24, 2.45) is 0 Å². The number of esters is 2. The second kappa shape index (κ2) is 10.5. The van der Waals surface area contributed by atoms with E-state index in [-0.39, 0.29) is 18.6 Å². The first-order valence-corrected chi connectivity index (χ1v) is 8.09. The van der Waals surface area contributed by atoms with E-state index >= 15 is 0 Å². The molecule has 0 atom stereocenters. The smallest absolute Gasteiger partial charge is 0.311 e. The maximum atomic E-state index is 11.6. The van der Waals surface area contributed by atoms with E-state index < -0.39 is 11.9 Å². The Balaban J connectivity index is 2.23. The summed E-state index contributed by atoms with van der Waals surface area (Å²) in [6.45, 7) is 2.52. The minimum absolute atomic E-state index is 0.000902. The predicted molar refractivity (Wildman–Crippen MR) is 86.4 cm³/mol. The van der Waals surface area contributed by atoms with Gasteiger partial charge in [0.15, 0.2) is 0 Å². The van der Waals surface area contributed by atoms with Crippen LogP contribution >= 0.6 is 23.2 Å². The highest BCUT2D eigenvalue weighted by Gasteiger charge is 2.11. The van der Waals surface area contributed by atoms with Crippen LogP contribution in [0.4, 0.5) is 0 Å². The number of carbonyl (C=O) groups excluding carboxylic acids is 2. The maximum absolute atomic E-state index is 11.6. The molecule has 0 saturated carbocycles. The second-order valence-electron chi connectivity index (χ2n) is 4.86. The van der Waals surface area contributed by atoms with Gasteiger partial charge in [0.05, 0.1) is 19.4 Å². The fraction of sp³-hybridized carbons (Fsp3) is 0.500. The van der Waals surface area contributed by atoms with Crippen LogP contribution in [0.15, 0.2) is 18.2 Å². The molecule has 4 nitrogen and oxygen atoms in total. The first-order valence-electron chi connectivity index (χ1n) is 7.33. The molecular formula is C16H20Cl2O4. The lowest BCUT2D eigenvalue weighted by Gasteiger charge is -2.06. The van der Waals surface area contributed by atoms with E-state index in [4.69, 9.17) is 32.7 Å². The summed E-state index contributed by atoms with van der Waals surface area (Å²) in [5.74, 6) is -0.658. The normalized spacial score (nSPS) is 10.3. The molecule has 0 aliphatic rings. The van der Waals surface area contributed by atoms with E-state index in [0.29, 0.717) is 16.7 Å². The predicted octanol–water partition coefficient (Wildman–Crippen LogP) is 4.80. The molecule has 0 aliphatic heterocycles. The van der Waals surface area contributed by atoms with Crippen molar-refractivity contribution in [2.45, 2.75) is 45.4 Å². The van der Waals surface area contributed by atoms with Crippen LogP contribution in [-0.2, 0) is 14.3 Å². The van der Waals surface area contributed by atoms with Gasteiger partial charge in [-0.05, 0) is 24.6 Å². The summed E-state index contributed by atoms with van der Waals surface area (Å²) in [7, 11) is 0. The molecule has 1 aromatic rings. The van der Waals surface area contributed by atoms with Gasteiger partial charge in [-0.1, -0.05) is 49.4 Å². The molecule has 6 heteroatoms. The molecule has 1 rings (SSSR count). The van der Waals surface area contributed by atoms with Crippen molar-refractivity contribution in [1.29, 1.82) is 0 Å². The molecule has 0 unspecified atom stereocenters. The Kier molecular flexibility index (Phi) is 8.94. The zero-order chi connectivity index (χ0) is 16.4. The van der Waals surface area contributed by atoms with Crippen molar-refractivity contribution >= 4 is 35.1 Å². The topological polar surface area (TPSA) is 52.6 Å². The van der Waals surface area contributed by atoms with Gasteiger partial charge in [0.1, 0.15) is 5.75 Å². The van der Waals surface area contributed by atoms with Gasteiger partial charge >= 0.3 is 11.9 Å². The van der Waals surface area contributed by atoms with Crippen molar-refractivity contribution in [3.63, 3.8) is 0 Å². The van der Waals surface area contributed by atoms with Gasteiger partial charge in [-0.2, -0.15) is 0 Å². The minimum Gasteiger partial charge on any atom is -0.466 e. The van der Waals surface area contributed by atoms with E-state index in [2.05, 4.69) is 6.92 Å². The molecular weight excluding hydrogens is 327 g/mol. The van der Waals surface area contributed by atoms with Gasteiger partial charge in [-0.15, -0.1) is 0 Å². The molecule has 0 aliphatic carbocycles. The third-order valence-corrected chi connectivity index (χ3v) is 3.30. The van der Waals surface area contributed by atoms with Crippen LogP contribution in [0.2, 0.25) is 10.0 Å². The Bertz CT molecular complexity index is 483. The Morgan fingerprint density at radius 1 is 0.955 bits per heavy atom. The maximum Gasteiger partial charge on any atom is 0.311 e. The monoisotopic (exact) mass is 346 g/mol. The summed E-state index contributed by atoms with van der Waals surface area (Å²) in [5.41, 5.74) is 0. The summed E-state index contributed by atoms with van der Waals surface area (Å²) in [6, 6.07) is 4.51. The number of halogens is 2. The number of benzene rings is 1. The van der Waals surface area contributed by atoms with E-state index in [1.165, 1.54) is 18.2 Å². The zero-order valence-corrected chi connectivity index (χ0v) is 14.1. The van der Waals surface area contributed by atoms with Crippen molar-refractivity contribution in [3.8, 4) is 5.75 Å². The van der Waals surface area contributed by atoms with Crippen molar-refractivity contribution in [2.75, 3.05) is 6.61 Å². The molecule has 1 aromatic carbocycles. The fourth-order valence-electron chi connectivity index (χ4n) is 1.76. The van der Waals surface area contributed by atoms with E-state index in [1.54, 1.807) is 0 Å². The zero-order valence-electron chi connectivity index (χ0n) is 12.6. The Labute approximate surface area is 140 Å². The first-order chi connectivity index (χ1) is 10.5. The van der Waals surface area contributed by atoms with Crippen LogP contribution in [0.3, 0.4) is 0 Å². The van der Waals surface area contributed by atoms with Crippen LogP contribution in [0.25, 0.3) is 0 Å². The van der Waals surface area contributed by atoms with E-state index in [0.717, 1.165) is 25.7 Å². The lowest BCUT2D eigenvalue weighted by Crippen LogP contribution is -2.12. The summed E-state index contributed by atoms with van der Waals surface area (Å²) in [6.07, 6.45) is 4.12. The number of ether oxygens (including phenoxy) is 2. The van der Waals surface area contributed by atoms with Crippen LogP contribution < -0.4 is 4.74 Å². The van der Waals surface area contributed by atoms with Crippen molar-refractivity contribution in [3.05, 3.63) is 28.2 Å². The average Bonchev–Trinajstić information content (AvgIpc) is 2.44. The summed E-state index contributed by atoms with van der Waals surface area (Å²) in [5, 5.41) is 0.753. The summed E-state index contributed by atoms with van der Waals surface area (Å²) < 4.78 is 10.1. The number of unbranched alkanes of at least 4 members (excludes halogenated alkanes) is 3. The fourth-order valence-corrected chi connectivity index (χ4v) is 2.27. The Morgan fingerprint density at radius 3 is 2.23 bits per heavy atom. The molecule has 0 bridgehead atoms. The highest BCUT2D eigenvalue weighted by atomic mass is 35.5. The number of rotatable bonds is 9. The third-order valence-electron chi connectivity index (χ3n) is 2.86. The second-order valence-corrected chi connectivity index (χ2v) is 5.73. The van der Waals surface area contributed by atoms with Gasteiger partial charge in [-0.25, -0.2) is 0 Å². The first kappa shape index (κ1) is 18.8. The van der Waals surface area contributed by atoms with E-state index in [9.17, 15) is 9.59 Å². The van der Waals surface area contributed by atoms with Gasteiger partial charge in [0.2, 0.25) is 0 Å². The van der Waals surface area contributed by atoms with Crippen LogP contribution in [-0.4, -0.2) is 18.5 Å². The lowest BCUT2D eigenvalue weighted by atomic mass is 10.2. The van der Waals surface area contributed by atoms with Gasteiger partial charge in [-0.3, -0.25) is 9.59 Å². The highest BCUT2D eigenvalue weighted by molar-refractivity contribution is 6.34. The van der Waals surface area contributed by atoms with Crippen LogP contribution in [0.5, 0.6) is 5.75 Å². The standard InChI is InChI=1S/C16H20Cl2O4/c1-2-3-4-5-8-21-15(19)6-7-16(20)22-14-10-12(17)9-13(18)11-14/h9-11H,2-8H2,1H3. The Hall–Kier alpha value is -1.26. The van der Waals surface area contributed by atoms with Gasteiger partial charge in [0, 0.05) is 10.0 Å². The quantitative estimate of drug-likeness (QED) is 0.366. The molecule has 0 amide bonds. The summed E-state index contributed by atoms with van der Waals surface area (Å²) in [4.78, 5) is 23.1. The van der Waals surface area contributed by atoms with Gasteiger partial charge in [0.25, 0.3) is 0 Å². The minimum atomic E-state index is -0.527. The molecule has 0 aromatic heterocycles. The van der Waals surface area contributed by atoms with Crippen LogP contribution in [0.1, 0.15) is 45.4 Å².